The van der Waals surface area contributed by atoms with Crippen molar-refractivity contribution in [1.29, 1.82) is 5.26 Å². The number of hydrogen-bond donors (Lipinski definition) is 1. The molecule has 0 spiro atoms. The second kappa shape index (κ2) is 7.36. The van der Waals surface area contributed by atoms with Gasteiger partial charge in [-0.2, -0.15) is 10.2 Å². The SMILES string of the molecule is N#Cc1nc(COc2cccc(Cl)c2)oc1NC[C@@H]1CCCO1. The summed E-state index contributed by atoms with van der Waals surface area (Å²) in [6.07, 6.45) is 2.22. The molecule has 2 aromatic rings. The molecule has 0 radical (unpaired) electrons. The van der Waals surface area contributed by atoms with E-state index in [-0.39, 0.29) is 18.4 Å². The Morgan fingerprint density at radius 3 is 3.13 bits per heavy atom. The van der Waals surface area contributed by atoms with E-state index in [1.807, 2.05) is 6.07 Å². The number of anilines is 1. The van der Waals surface area contributed by atoms with Crippen LogP contribution in [0.2, 0.25) is 5.02 Å². The average Bonchev–Trinajstić information content (AvgIpc) is 3.20. The van der Waals surface area contributed by atoms with E-state index in [0.717, 1.165) is 19.4 Å². The van der Waals surface area contributed by atoms with Crippen molar-refractivity contribution < 1.29 is 13.9 Å². The van der Waals surface area contributed by atoms with Crippen LogP contribution in [0.25, 0.3) is 0 Å². The first-order valence-corrected chi connectivity index (χ1v) is 7.76. The van der Waals surface area contributed by atoms with E-state index in [2.05, 4.69) is 10.3 Å². The highest BCUT2D eigenvalue weighted by molar-refractivity contribution is 6.30. The van der Waals surface area contributed by atoms with Crippen molar-refractivity contribution in [2.75, 3.05) is 18.5 Å². The minimum atomic E-state index is 0.122. The standard InChI is InChI=1S/C16H16ClN3O3/c17-11-3-1-4-12(7-11)22-10-15-20-14(8-18)16(23-15)19-9-13-5-2-6-21-13/h1,3-4,7,13,19H,2,5-6,9-10H2/t13-/m0/s1. The molecule has 7 heteroatoms. The Balaban J connectivity index is 1.60. The molecule has 0 unspecified atom stereocenters. The maximum Gasteiger partial charge on any atom is 0.236 e. The lowest BCUT2D eigenvalue weighted by Gasteiger charge is -2.09. The van der Waals surface area contributed by atoms with Crippen LogP contribution >= 0.6 is 11.6 Å². The summed E-state index contributed by atoms with van der Waals surface area (Å²) in [5.74, 6) is 1.30. The molecule has 0 amide bonds. The van der Waals surface area contributed by atoms with E-state index < -0.39 is 0 Å². The molecule has 1 fully saturated rings. The second-order valence-electron chi connectivity index (χ2n) is 5.16. The van der Waals surface area contributed by atoms with Gasteiger partial charge in [0.15, 0.2) is 6.61 Å². The summed E-state index contributed by atoms with van der Waals surface area (Å²) < 4.78 is 16.6. The Kier molecular flexibility index (Phi) is 5.01. The molecule has 1 aromatic carbocycles. The van der Waals surface area contributed by atoms with Crippen molar-refractivity contribution in [3.8, 4) is 11.8 Å². The van der Waals surface area contributed by atoms with E-state index in [1.54, 1.807) is 24.3 Å². The van der Waals surface area contributed by atoms with E-state index >= 15 is 0 Å². The van der Waals surface area contributed by atoms with Crippen molar-refractivity contribution in [3.63, 3.8) is 0 Å². The topological polar surface area (TPSA) is 80.3 Å². The predicted molar refractivity (Wildman–Crippen MR) is 84.5 cm³/mol. The molecule has 1 saturated heterocycles. The van der Waals surface area contributed by atoms with Crippen LogP contribution in [0.5, 0.6) is 5.75 Å². The molecular formula is C16H16ClN3O3. The van der Waals surface area contributed by atoms with E-state index in [1.165, 1.54) is 0 Å². The molecule has 1 aromatic heterocycles. The maximum atomic E-state index is 9.14. The Bertz CT molecular complexity index is 705. The number of oxazole rings is 1. The van der Waals surface area contributed by atoms with E-state index in [4.69, 9.17) is 30.8 Å². The van der Waals surface area contributed by atoms with Crippen molar-refractivity contribution in [1.82, 2.24) is 4.98 Å². The lowest BCUT2D eigenvalue weighted by atomic mass is 10.2. The zero-order valence-electron chi connectivity index (χ0n) is 12.4. The van der Waals surface area contributed by atoms with Crippen LogP contribution in [-0.2, 0) is 11.3 Å². The van der Waals surface area contributed by atoms with Gasteiger partial charge in [-0.25, -0.2) is 0 Å². The van der Waals surface area contributed by atoms with Crippen molar-refractivity contribution in [2.45, 2.75) is 25.6 Å². The molecule has 0 aliphatic carbocycles. The largest absolute Gasteiger partial charge is 0.484 e. The molecule has 23 heavy (non-hydrogen) atoms. The van der Waals surface area contributed by atoms with Gasteiger partial charge in [-0.1, -0.05) is 17.7 Å². The molecular weight excluding hydrogens is 318 g/mol. The molecule has 6 nitrogen and oxygen atoms in total. The zero-order valence-corrected chi connectivity index (χ0v) is 13.2. The fourth-order valence-corrected chi connectivity index (χ4v) is 2.52. The number of nitrogens with one attached hydrogen (secondary N) is 1. The van der Waals surface area contributed by atoms with Gasteiger partial charge in [0, 0.05) is 18.2 Å². The molecule has 2 heterocycles. The van der Waals surface area contributed by atoms with Gasteiger partial charge in [-0.05, 0) is 31.0 Å². The molecule has 120 valence electrons. The number of nitrogens with zero attached hydrogens (tertiary/aromatic N) is 2. The van der Waals surface area contributed by atoms with Gasteiger partial charge >= 0.3 is 0 Å². The van der Waals surface area contributed by atoms with Gasteiger partial charge in [0.2, 0.25) is 17.5 Å². The monoisotopic (exact) mass is 333 g/mol. The molecule has 0 bridgehead atoms. The van der Waals surface area contributed by atoms with Gasteiger partial charge in [0.05, 0.1) is 6.10 Å². The van der Waals surface area contributed by atoms with Crippen LogP contribution in [0.15, 0.2) is 28.7 Å². The first-order chi connectivity index (χ1) is 11.2. The Labute approximate surface area is 139 Å². The van der Waals surface area contributed by atoms with Crippen LogP contribution in [0.4, 0.5) is 5.88 Å². The second-order valence-corrected chi connectivity index (χ2v) is 5.60. The van der Waals surface area contributed by atoms with Gasteiger partial charge < -0.3 is 19.2 Å². The summed E-state index contributed by atoms with van der Waals surface area (Å²) in [5, 5.41) is 12.8. The third-order valence-electron chi connectivity index (χ3n) is 3.45. The fourth-order valence-electron chi connectivity index (χ4n) is 2.34. The summed E-state index contributed by atoms with van der Waals surface area (Å²) in [6.45, 7) is 1.50. The molecule has 1 aliphatic rings. The summed E-state index contributed by atoms with van der Waals surface area (Å²) in [5.41, 5.74) is 0.215. The fraction of sp³-hybridized carbons (Fsp3) is 0.375. The number of ether oxygens (including phenoxy) is 2. The van der Waals surface area contributed by atoms with Gasteiger partial charge in [-0.3, -0.25) is 0 Å². The summed E-state index contributed by atoms with van der Waals surface area (Å²) in [7, 11) is 0. The Morgan fingerprint density at radius 1 is 1.48 bits per heavy atom. The number of halogens is 1. The maximum absolute atomic E-state index is 9.14. The van der Waals surface area contributed by atoms with Crippen LogP contribution in [0.3, 0.4) is 0 Å². The highest BCUT2D eigenvalue weighted by Crippen LogP contribution is 2.21. The number of aromatic nitrogens is 1. The summed E-state index contributed by atoms with van der Waals surface area (Å²) in [6, 6.07) is 9.06. The lowest BCUT2D eigenvalue weighted by molar-refractivity contribution is 0.120. The first-order valence-electron chi connectivity index (χ1n) is 7.38. The van der Waals surface area contributed by atoms with Crippen molar-refractivity contribution >= 4 is 17.5 Å². The number of benzene rings is 1. The average molecular weight is 334 g/mol. The molecule has 3 rings (SSSR count). The molecule has 1 atom stereocenters. The number of hydrogen-bond acceptors (Lipinski definition) is 6. The minimum absolute atomic E-state index is 0.122. The molecule has 0 saturated carbocycles. The van der Waals surface area contributed by atoms with Crippen LogP contribution in [0, 0.1) is 11.3 Å². The summed E-state index contributed by atoms with van der Waals surface area (Å²) in [4.78, 5) is 4.12. The molecule has 1 aliphatic heterocycles. The Morgan fingerprint density at radius 2 is 2.39 bits per heavy atom. The van der Waals surface area contributed by atoms with Gasteiger partial charge in [0.25, 0.3) is 0 Å². The zero-order chi connectivity index (χ0) is 16.1. The predicted octanol–water partition coefficient (Wildman–Crippen LogP) is 3.37. The van der Waals surface area contributed by atoms with Crippen LogP contribution in [0.1, 0.15) is 24.4 Å². The Hall–Kier alpha value is -2.23. The smallest absolute Gasteiger partial charge is 0.236 e. The quantitative estimate of drug-likeness (QED) is 0.873. The third-order valence-corrected chi connectivity index (χ3v) is 3.69. The lowest BCUT2D eigenvalue weighted by Crippen LogP contribution is -2.18. The number of rotatable bonds is 6. The van der Waals surface area contributed by atoms with Crippen molar-refractivity contribution in [3.05, 3.63) is 40.9 Å². The first kappa shape index (κ1) is 15.7. The third kappa shape index (κ3) is 4.15. The normalized spacial score (nSPS) is 17.0. The van der Waals surface area contributed by atoms with E-state index in [9.17, 15) is 0 Å². The number of nitriles is 1. The van der Waals surface area contributed by atoms with Crippen molar-refractivity contribution in [2.24, 2.45) is 0 Å². The summed E-state index contributed by atoms with van der Waals surface area (Å²) >= 11 is 5.90. The highest BCUT2D eigenvalue weighted by atomic mass is 35.5. The van der Waals surface area contributed by atoms with E-state index in [0.29, 0.717) is 29.1 Å². The van der Waals surface area contributed by atoms with Gasteiger partial charge in [0.1, 0.15) is 11.8 Å². The van der Waals surface area contributed by atoms with Crippen LogP contribution in [-0.4, -0.2) is 24.2 Å². The van der Waals surface area contributed by atoms with Gasteiger partial charge in [-0.15, -0.1) is 0 Å². The minimum Gasteiger partial charge on any atom is -0.484 e. The highest BCUT2D eigenvalue weighted by Gasteiger charge is 2.18. The molecule has 1 N–H and O–H groups in total. The van der Waals surface area contributed by atoms with Crippen LogP contribution < -0.4 is 10.1 Å².